The van der Waals surface area contributed by atoms with Crippen LogP contribution in [-0.2, 0) is 27.4 Å². The number of fused-ring (bicyclic) bond motifs is 2. The number of imide groups is 1. The molecular weight excluding hydrogens is 434 g/mol. The highest BCUT2D eigenvalue weighted by molar-refractivity contribution is 6.05. The van der Waals surface area contributed by atoms with Gasteiger partial charge in [-0.25, -0.2) is 4.79 Å². The highest BCUT2D eigenvalue weighted by Crippen LogP contribution is 2.59. The van der Waals surface area contributed by atoms with Crippen molar-refractivity contribution in [2.45, 2.75) is 65.1 Å². The molecule has 2 aliphatic heterocycles. The van der Waals surface area contributed by atoms with Gasteiger partial charge in [-0.05, 0) is 53.7 Å². The van der Waals surface area contributed by atoms with Crippen LogP contribution in [0, 0.1) is 17.3 Å². The van der Waals surface area contributed by atoms with E-state index in [1.807, 2.05) is 12.1 Å². The smallest absolute Gasteiger partial charge is 0.407 e. The minimum absolute atomic E-state index is 0.226. The van der Waals surface area contributed by atoms with E-state index in [1.54, 1.807) is 6.07 Å². The van der Waals surface area contributed by atoms with E-state index in [-0.39, 0.29) is 24.8 Å². The molecule has 2 N–H and O–H groups in total. The van der Waals surface area contributed by atoms with Gasteiger partial charge in [0.25, 0.3) is 5.91 Å². The average Bonchev–Trinajstić information content (AvgIpc) is 3.13. The molecule has 0 radical (unpaired) electrons. The summed E-state index contributed by atoms with van der Waals surface area (Å²) in [7, 11) is 0. The predicted molar refractivity (Wildman–Crippen MR) is 123 cm³/mol. The topological polar surface area (TPSA) is 105 Å². The van der Waals surface area contributed by atoms with Gasteiger partial charge in [-0.2, -0.15) is 0 Å². The van der Waals surface area contributed by atoms with Crippen molar-refractivity contribution >= 4 is 23.8 Å². The fourth-order valence-electron chi connectivity index (χ4n) is 5.96. The highest BCUT2D eigenvalue weighted by Gasteiger charge is 2.50. The van der Waals surface area contributed by atoms with Crippen LogP contribution in [0.25, 0.3) is 0 Å². The van der Waals surface area contributed by atoms with Crippen molar-refractivity contribution in [3.05, 3.63) is 46.5 Å². The molecule has 1 unspecified atom stereocenters. The summed E-state index contributed by atoms with van der Waals surface area (Å²) in [5, 5.41) is 5.07. The van der Waals surface area contributed by atoms with Crippen molar-refractivity contribution in [1.82, 2.24) is 15.5 Å². The first kappa shape index (κ1) is 22.6. The normalized spacial score (nSPS) is 26.9. The molecule has 3 aliphatic carbocycles. The predicted octanol–water partition coefficient (Wildman–Crippen LogP) is 3.06. The molecule has 1 aromatic carbocycles. The van der Waals surface area contributed by atoms with E-state index in [0.29, 0.717) is 36.5 Å². The Morgan fingerprint density at radius 1 is 1.26 bits per heavy atom. The maximum Gasteiger partial charge on any atom is 0.407 e. The number of nitrogens with zero attached hydrogens (tertiary/aromatic N) is 1. The van der Waals surface area contributed by atoms with Crippen LogP contribution in [-0.4, -0.2) is 41.4 Å². The summed E-state index contributed by atoms with van der Waals surface area (Å²) in [5.74, 6) is 0.451. The first-order valence-corrected chi connectivity index (χ1v) is 12.1. The van der Waals surface area contributed by atoms with Gasteiger partial charge < -0.3 is 15.0 Å². The minimum atomic E-state index is -0.634. The van der Waals surface area contributed by atoms with Crippen LogP contribution in [0.15, 0.2) is 29.8 Å². The van der Waals surface area contributed by atoms with Gasteiger partial charge >= 0.3 is 6.09 Å². The van der Waals surface area contributed by atoms with E-state index in [1.165, 1.54) is 16.9 Å². The molecule has 3 atom stereocenters. The second-order valence-electron chi connectivity index (χ2n) is 10.5. The van der Waals surface area contributed by atoms with Gasteiger partial charge in [0.1, 0.15) is 6.04 Å². The van der Waals surface area contributed by atoms with Crippen LogP contribution >= 0.6 is 0 Å². The minimum Gasteiger partial charge on any atom is -0.449 e. The Morgan fingerprint density at radius 3 is 2.82 bits per heavy atom. The number of ether oxygens (including phenoxy) is 1. The number of carbonyl (C=O) groups excluding carboxylic acids is 4. The maximum absolute atomic E-state index is 12.9. The van der Waals surface area contributed by atoms with Gasteiger partial charge in [0.05, 0.1) is 6.61 Å². The molecule has 5 aliphatic rings. The van der Waals surface area contributed by atoms with Crippen molar-refractivity contribution < 1.29 is 23.9 Å². The van der Waals surface area contributed by atoms with Crippen molar-refractivity contribution in [3.63, 3.8) is 0 Å². The molecule has 8 nitrogen and oxygen atoms in total. The Bertz CT molecular complexity index is 1090. The summed E-state index contributed by atoms with van der Waals surface area (Å²) in [5.41, 5.74) is 3.93. The van der Waals surface area contributed by atoms with Gasteiger partial charge in [-0.15, -0.1) is 0 Å². The molecule has 1 aromatic rings. The zero-order chi connectivity index (χ0) is 24.0. The van der Waals surface area contributed by atoms with E-state index < -0.39 is 18.0 Å². The van der Waals surface area contributed by atoms with Gasteiger partial charge in [-0.3, -0.25) is 19.7 Å². The zero-order valence-electron chi connectivity index (χ0n) is 19.7. The SMILES string of the molecule is CC1(C)[C@H]2CC=C(CCOC(=O)NCc3ccc4c(c3)C(=O)N(C3CCC(=O)NC3=O)C4)[C@@H]1C2. The summed E-state index contributed by atoms with van der Waals surface area (Å²) in [6.45, 7) is 5.61. The Kier molecular flexibility index (Phi) is 5.70. The molecule has 0 aromatic heterocycles. The number of benzene rings is 1. The fraction of sp³-hybridized carbons (Fsp3) is 0.538. The number of hydrogen-bond acceptors (Lipinski definition) is 5. The van der Waals surface area contributed by atoms with E-state index >= 15 is 0 Å². The third kappa shape index (κ3) is 3.99. The van der Waals surface area contributed by atoms with Crippen LogP contribution in [0.3, 0.4) is 0 Å². The van der Waals surface area contributed by atoms with Crippen molar-refractivity contribution in [2.24, 2.45) is 17.3 Å². The van der Waals surface area contributed by atoms with Crippen LogP contribution in [0.2, 0.25) is 0 Å². The second-order valence-corrected chi connectivity index (χ2v) is 10.5. The molecule has 8 heteroatoms. The van der Waals surface area contributed by atoms with E-state index in [0.717, 1.165) is 29.9 Å². The third-order valence-corrected chi connectivity index (χ3v) is 8.24. The number of carbonyl (C=O) groups is 4. The lowest BCUT2D eigenvalue weighted by Gasteiger charge is -2.56. The molecule has 2 heterocycles. The Balaban J connectivity index is 1.11. The fourth-order valence-corrected chi connectivity index (χ4v) is 5.96. The van der Waals surface area contributed by atoms with Crippen LogP contribution in [0.5, 0.6) is 0 Å². The lowest BCUT2D eigenvalue weighted by atomic mass is 9.48. The summed E-state index contributed by atoms with van der Waals surface area (Å²) in [4.78, 5) is 50.2. The molecule has 6 rings (SSSR count). The molecule has 34 heavy (non-hydrogen) atoms. The summed E-state index contributed by atoms with van der Waals surface area (Å²) in [6.07, 6.45) is 5.57. The number of hydrogen-bond donors (Lipinski definition) is 2. The molecule has 0 spiro atoms. The highest BCUT2D eigenvalue weighted by atomic mass is 16.5. The summed E-state index contributed by atoms with van der Waals surface area (Å²) in [6, 6.07) is 4.84. The van der Waals surface area contributed by atoms with Crippen molar-refractivity contribution in [1.29, 1.82) is 0 Å². The van der Waals surface area contributed by atoms with Crippen LogP contribution in [0.4, 0.5) is 4.79 Å². The maximum atomic E-state index is 12.9. The number of piperidine rings is 1. The zero-order valence-corrected chi connectivity index (χ0v) is 19.7. The van der Waals surface area contributed by atoms with Crippen molar-refractivity contribution in [2.75, 3.05) is 6.61 Å². The van der Waals surface area contributed by atoms with Crippen LogP contribution in [0.1, 0.15) is 67.4 Å². The second kappa shape index (κ2) is 8.56. The van der Waals surface area contributed by atoms with E-state index in [2.05, 4.69) is 30.6 Å². The quantitative estimate of drug-likeness (QED) is 0.496. The standard InChI is InChI=1S/C26H31N3O5/c1-26(2)18-6-5-16(20(26)12-18)9-10-34-25(33)27-13-15-3-4-17-14-29(24(32)19(17)11-15)21-7-8-22(30)28-23(21)31/h3-5,11,18,20-21H,6-10,12-14H2,1-2H3,(H,27,33)(H,28,30,31)/t18-,20-,21?/m0/s1. The molecule has 4 amide bonds. The summed E-state index contributed by atoms with van der Waals surface area (Å²) < 4.78 is 5.39. The molecule has 2 fully saturated rings. The Morgan fingerprint density at radius 2 is 2.09 bits per heavy atom. The van der Waals surface area contributed by atoms with Crippen LogP contribution < -0.4 is 10.6 Å². The number of amides is 4. The first-order chi connectivity index (χ1) is 16.2. The molecule has 1 saturated heterocycles. The number of allylic oxidation sites excluding steroid dienone is 1. The first-order valence-electron chi connectivity index (χ1n) is 12.1. The lowest BCUT2D eigenvalue weighted by Crippen LogP contribution is -2.52. The largest absolute Gasteiger partial charge is 0.449 e. The monoisotopic (exact) mass is 465 g/mol. The van der Waals surface area contributed by atoms with E-state index in [9.17, 15) is 19.2 Å². The molecule has 2 bridgehead atoms. The van der Waals surface area contributed by atoms with Gasteiger partial charge in [-0.1, -0.05) is 37.6 Å². The Hall–Kier alpha value is -3.16. The van der Waals surface area contributed by atoms with Crippen molar-refractivity contribution in [3.8, 4) is 0 Å². The molecule has 1 saturated carbocycles. The number of rotatable bonds is 6. The average molecular weight is 466 g/mol. The lowest BCUT2D eigenvalue weighted by molar-refractivity contribution is -0.136. The molecule has 180 valence electrons. The van der Waals surface area contributed by atoms with Gasteiger partial charge in [0.2, 0.25) is 11.8 Å². The van der Waals surface area contributed by atoms with Gasteiger partial charge in [0.15, 0.2) is 0 Å². The number of nitrogens with one attached hydrogen (secondary N) is 2. The number of alkyl carbamates (subject to hydrolysis) is 1. The third-order valence-electron chi connectivity index (χ3n) is 8.24. The molecular formula is C26H31N3O5. The Labute approximate surface area is 199 Å². The van der Waals surface area contributed by atoms with E-state index in [4.69, 9.17) is 4.74 Å². The summed E-state index contributed by atoms with van der Waals surface area (Å²) >= 11 is 0. The van der Waals surface area contributed by atoms with Gasteiger partial charge in [0, 0.05) is 31.5 Å².